The minimum Gasteiger partial charge on any atom is -0.453 e. The first-order chi connectivity index (χ1) is 27.9. The van der Waals surface area contributed by atoms with Gasteiger partial charge in [-0.3, -0.25) is 9.59 Å². The number of hydrogen-bond donors (Lipinski definition) is 5. The lowest BCUT2D eigenvalue weighted by molar-refractivity contribution is -0.136. The van der Waals surface area contributed by atoms with Gasteiger partial charge in [0.15, 0.2) is 0 Å². The number of amides is 4. The molecule has 3 aromatic carbocycles. The molecule has 2 saturated carbocycles. The van der Waals surface area contributed by atoms with E-state index in [0.717, 1.165) is 87.9 Å². The number of aromatic amines is 2. The van der Waals surface area contributed by atoms with Crippen molar-refractivity contribution >= 4 is 45.8 Å². The Hall–Kier alpha value is -5.92. The first-order valence-corrected chi connectivity index (χ1v) is 20.3. The van der Waals surface area contributed by atoms with E-state index in [9.17, 15) is 19.2 Å². The number of alkyl carbamates (subject to hydrolysis) is 2. The number of fused-ring (bicyclic) bond motifs is 3. The van der Waals surface area contributed by atoms with Crippen molar-refractivity contribution in [1.29, 1.82) is 0 Å². The summed E-state index contributed by atoms with van der Waals surface area (Å²) in [5.74, 6) is 2.06. The third-order valence-corrected chi connectivity index (χ3v) is 12.1. The fourth-order valence-electron chi connectivity index (χ4n) is 8.54. The molecule has 0 spiro atoms. The Bertz CT molecular complexity index is 2370. The van der Waals surface area contributed by atoms with Crippen molar-refractivity contribution in [3.8, 4) is 22.4 Å². The number of piperidine rings is 1. The standard InChI is InChI=1S/C44H52N8O6/c1-22(2)38(50-43(55)57-5)41(53)49-32-18-29(32)12-14-37-46-31-13-11-27(17-33(31)47-37)25-7-8-26-16-28(10-9-24(26)15-25)34-21-45-40(48-34)36-20-30-19-35(30)52(36)42(54)39(23(3)4)51-44(56)58-6/h7-11,13,15-17,21-23,29-30,32,35-36,38-39H,12,14,18-20H2,1-6H3,(H,45,48)(H,46,47)(H,49,53)(H,50,55)(H,51,56)/t29-,30+,32+,35+,36-,38-,39-/m0/s1. The van der Waals surface area contributed by atoms with Crippen LogP contribution in [0, 0.1) is 23.7 Å². The van der Waals surface area contributed by atoms with E-state index in [1.807, 2.05) is 38.8 Å². The molecule has 1 aliphatic heterocycles. The number of carbonyl (C=O) groups excluding carboxylic acids is 4. The summed E-state index contributed by atoms with van der Waals surface area (Å²) in [6.45, 7) is 7.63. The van der Waals surface area contributed by atoms with Gasteiger partial charge < -0.3 is 40.3 Å². The lowest BCUT2D eigenvalue weighted by Crippen LogP contribution is -2.52. The van der Waals surface area contributed by atoms with Crippen LogP contribution in [-0.2, 0) is 25.5 Å². The molecular weight excluding hydrogens is 737 g/mol. The first kappa shape index (κ1) is 38.9. The van der Waals surface area contributed by atoms with E-state index >= 15 is 0 Å². The Morgan fingerprint density at radius 2 is 1.47 bits per heavy atom. The van der Waals surface area contributed by atoms with E-state index in [1.54, 1.807) is 0 Å². The second-order valence-electron chi connectivity index (χ2n) is 16.8. The van der Waals surface area contributed by atoms with Gasteiger partial charge in [-0.2, -0.15) is 0 Å². The van der Waals surface area contributed by atoms with Crippen molar-refractivity contribution in [2.45, 2.75) is 90.0 Å². The van der Waals surface area contributed by atoms with E-state index in [-0.39, 0.29) is 41.8 Å². The number of hydrogen-bond acceptors (Lipinski definition) is 8. The van der Waals surface area contributed by atoms with E-state index in [0.29, 0.717) is 11.8 Å². The number of likely N-dealkylation sites (tertiary alicyclic amines) is 1. The minimum atomic E-state index is -0.675. The summed E-state index contributed by atoms with van der Waals surface area (Å²) in [4.78, 5) is 69.0. The molecular formula is C44H52N8O6. The van der Waals surface area contributed by atoms with Crippen molar-refractivity contribution in [2.24, 2.45) is 23.7 Å². The third-order valence-electron chi connectivity index (χ3n) is 12.1. The number of ether oxygens (including phenoxy) is 2. The first-order valence-electron chi connectivity index (χ1n) is 20.3. The molecule has 8 rings (SSSR count). The molecule has 7 atom stereocenters. The van der Waals surface area contributed by atoms with E-state index in [4.69, 9.17) is 14.7 Å². The maximum Gasteiger partial charge on any atom is 0.407 e. The Morgan fingerprint density at radius 3 is 2.17 bits per heavy atom. The van der Waals surface area contributed by atoms with Gasteiger partial charge in [0, 0.05) is 24.1 Å². The summed E-state index contributed by atoms with van der Waals surface area (Å²) >= 11 is 0. The molecule has 5 N–H and O–H groups in total. The average molecular weight is 789 g/mol. The maximum absolute atomic E-state index is 13.8. The van der Waals surface area contributed by atoms with E-state index < -0.39 is 24.3 Å². The molecule has 2 aliphatic carbocycles. The van der Waals surface area contributed by atoms with Gasteiger partial charge in [-0.25, -0.2) is 19.6 Å². The summed E-state index contributed by atoms with van der Waals surface area (Å²) in [6.07, 6.45) is 5.03. The van der Waals surface area contributed by atoms with Gasteiger partial charge in [0.2, 0.25) is 11.8 Å². The molecule has 58 heavy (non-hydrogen) atoms. The van der Waals surface area contributed by atoms with Crippen molar-refractivity contribution in [3.63, 3.8) is 0 Å². The number of aromatic nitrogens is 4. The number of rotatable bonds is 13. The van der Waals surface area contributed by atoms with Gasteiger partial charge in [0.25, 0.3) is 0 Å². The van der Waals surface area contributed by atoms with E-state index in [1.165, 1.54) is 14.2 Å². The van der Waals surface area contributed by atoms with Gasteiger partial charge in [-0.05, 0) is 95.5 Å². The summed E-state index contributed by atoms with van der Waals surface area (Å²) in [6, 6.07) is 17.9. The van der Waals surface area contributed by atoms with Crippen LogP contribution in [0.3, 0.4) is 0 Å². The number of H-pyrrole nitrogens is 2. The molecule has 1 saturated heterocycles. The highest BCUT2D eigenvalue weighted by molar-refractivity contribution is 5.92. The Kier molecular flexibility index (Phi) is 10.6. The second kappa shape index (κ2) is 15.8. The monoisotopic (exact) mass is 788 g/mol. The molecule has 304 valence electrons. The minimum absolute atomic E-state index is 0.0637. The number of nitrogens with zero attached hydrogens (tertiary/aromatic N) is 3. The molecule has 0 unspecified atom stereocenters. The van der Waals surface area contributed by atoms with Crippen molar-refractivity contribution in [1.82, 2.24) is 40.8 Å². The summed E-state index contributed by atoms with van der Waals surface area (Å²) in [5, 5.41) is 10.7. The van der Waals surface area contributed by atoms with Crippen LogP contribution < -0.4 is 16.0 Å². The average Bonchev–Trinajstić information content (AvgIpc) is 3.94. The molecule has 4 amide bonds. The Morgan fingerprint density at radius 1 is 0.810 bits per heavy atom. The fraction of sp³-hybridized carbons (Fsp3) is 0.455. The molecule has 2 aromatic heterocycles. The molecule has 5 aromatic rings. The van der Waals surface area contributed by atoms with Crippen molar-refractivity contribution in [2.75, 3.05) is 14.2 Å². The zero-order chi connectivity index (χ0) is 40.8. The molecule has 0 bridgehead atoms. The van der Waals surface area contributed by atoms with Crippen molar-refractivity contribution < 1.29 is 28.7 Å². The summed E-state index contributed by atoms with van der Waals surface area (Å²) in [7, 11) is 2.59. The topological polar surface area (TPSA) is 183 Å². The molecule has 3 aliphatic rings. The number of methoxy groups -OCH3 is 2. The van der Waals surface area contributed by atoms with E-state index in [2.05, 4.69) is 85.3 Å². The maximum atomic E-state index is 13.8. The normalized spacial score (nSPS) is 21.8. The lowest BCUT2D eigenvalue weighted by Gasteiger charge is -2.31. The largest absolute Gasteiger partial charge is 0.453 e. The number of nitrogens with one attached hydrogen (secondary N) is 5. The quantitative estimate of drug-likeness (QED) is 0.0881. The molecule has 0 radical (unpaired) electrons. The number of carbonyl (C=O) groups is 4. The summed E-state index contributed by atoms with van der Waals surface area (Å²) < 4.78 is 9.48. The van der Waals surface area contributed by atoms with Gasteiger partial charge in [0.05, 0.1) is 43.2 Å². The van der Waals surface area contributed by atoms with Crippen LogP contribution in [0.25, 0.3) is 44.2 Å². The number of benzene rings is 3. The highest BCUT2D eigenvalue weighted by Crippen LogP contribution is 2.53. The van der Waals surface area contributed by atoms with Crippen LogP contribution >= 0.6 is 0 Å². The summed E-state index contributed by atoms with van der Waals surface area (Å²) in [5.41, 5.74) is 5.98. The lowest BCUT2D eigenvalue weighted by atomic mass is 9.99. The van der Waals surface area contributed by atoms with Gasteiger partial charge >= 0.3 is 12.2 Å². The molecule has 3 fully saturated rings. The highest BCUT2D eigenvalue weighted by atomic mass is 16.5. The predicted molar refractivity (Wildman–Crippen MR) is 219 cm³/mol. The SMILES string of the molecule is COC(=O)N[C@H](C(=O)N[C@@H]1C[C@@H]1CCc1nc2ccc(-c3ccc4cc(-c5cnc([C@@H]6C[C@H]7C[C@H]7N6C(=O)[C@@H](NC(=O)OC)C(C)C)[nH]5)ccc4c3)cc2[nH]1)C(C)C. The van der Waals surface area contributed by atoms with Crippen LogP contribution in [0.1, 0.15) is 71.1 Å². The van der Waals surface area contributed by atoms with Crippen LogP contribution in [0.5, 0.6) is 0 Å². The smallest absolute Gasteiger partial charge is 0.407 e. The Labute approximate surface area is 337 Å². The fourth-order valence-corrected chi connectivity index (χ4v) is 8.54. The molecule has 3 heterocycles. The van der Waals surface area contributed by atoms with Gasteiger partial charge in [-0.15, -0.1) is 0 Å². The van der Waals surface area contributed by atoms with Crippen LogP contribution in [0.4, 0.5) is 9.59 Å². The predicted octanol–water partition coefficient (Wildman–Crippen LogP) is 6.63. The van der Waals surface area contributed by atoms with Crippen LogP contribution in [-0.4, -0.2) is 87.2 Å². The number of aryl methyl sites for hydroxylation is 1. The molecule has 14 heteroatoms. The van der Waals surface area contributed by atoms with Crippen molar-refractivity contribution in [3.05, 3.63) is 72.4 Å². The zero-order valence-electron chi connectivity index (χ0n) is 33.8. The van der Waals surface area contributed by atoms with Gasteiger partial charge in [0.1, 0.15) is 23.7 Å². The third kappa shape index (κ3) is 7.96. The highest BCUT2D eigenvalue weighted by Gasteiger charge is 2.56. The molecule has 14 nitrogen and oxygen atoms in total. The number of imidazole rings is 2. The van der Waals surface area contributed by atoms with Crippen LogP contribution in [0.2, 0.25) is 0 Å². The van der Waals surface area contributed by atoms with Crippen LogP contribution in [0.15, 0.2) is 60.8 Å². The van der Waals surface area contributed by atoms with Gasteiger partial charge in [-0.1, -0.05) is 58.0 Å². The Balaban J connectivity index is 0.905. The second-order valence-corrected chi connectivity index (χ2v) is 16.8. The zero-order valence-corrected chi connectivity index (χ0v) is 33.8.